The summed E-state index contributed by atoms with van der Waals surface area (Å²) in [5.41, 5.74) is 8.24. The third kappa shape index (κ3) is 3.11. The smallest absolute Gasteiger partial charge is 0.217 e. The third-order valence-electron chi connectivity index (χ3n) is 3.54. The zero-order valence-electron chi connectivity index (χ0n) is 12.2. The molecule has 0 saturated carbocycles. The third-order valence-corrected chi connectivity index (χ3v) is 3.54. The SMILES string of the molecule is NC(=O)CCC1NC(c2ccccc2)=C(c2ccccc2)O1. The molecule has 1 aliphatic heterocycles. The number of ether oxygens (including phenoxy) is 1. The van der Waals surface area contributed by atoms with Gasteiger partial charge in [-0.05, 0) is 0 Å². The fraction of sp³-hybridized carbons (Fsp3) is 0.167. The van der Waals surface area contributed by atoms with E-state index in [-0.39, 0.29) is 12.1 Å². The lowest BCUT2D eigenvalue weighted by atomic mass is 10.1. The van der Waals surface area contributed by atoms with Gasteiger partial charge in [-0.1, -0.05) is 60.7 Å². The van der Waals surface area contributed by atoms with Gasteiger partial charge < -0.3 is 15.8 Å². The van der Waals surface area contributed by atoms with Crippen molar-refractivity contribution in [3.8, 4) is 0 Å². The summed E-state index contributed by atoms with van der Waals surface area (Å²) in [4.78, 5) is 11.0. The number of benzene rings is 2. The number of carbonyl (C=O) groups excluding carboxylic acids is 1. The van der Waals surface area contributed by atoms with Gasteiger partial charge in [0.05, 0.1) is 5.70 Å². The van der Waals surface area contributed by atoms with Crippen LogP contribution in [0.1, 0.15) is 24.0 Å². The van der Waals surface area contributed by atoms with Crippen molar-refractivity contribution in [3.63, 3.8) is 0 Å². The van der Waals surface area contributed by atoms with Crippen molar-refractivity contribution in [2.24, 2.45) is 5.73 Å². The Labute approximate surface area is 129 Å². The first-order chi connectivity index (χ1) is 10.7. The van der Waals surface area contributed by atoms with Crippen LogP contribution < -0.4 is 11.1 Å². The quantitative estimate of drug-likeness (QED) is 0.891. The summed E-state index contributed by atoms with van der Waals surface area (Å²) in [6.07, 6.45) is 0.599. The normalized spacial score (nSPS) is 17.0. The van der Waals surface area contributed by atoms with Crippen LogP contribution in [-0.2, 0) is 9.53 Å². The van der Waals surface area contributed by atoms with Crippen molar-refractivity contribution in [1.82, 2.24) is 5.32 Å². The molecule has 4 nitrogen and oxygen atoms in total. The van der Waals surface area contributed by atoms with Crippen molar-refractivity contribution in [1.29, 1.82) is 0 Å². The predicted molar refractivity (Wildman–Crippen MR) is 86.1 cm³/mol. The Hall–Kier alpha value is -2.75. The molecule has 3 rings (SSSR count). The van der Waals surface area contributed by atoms with Gasteiger partial charge in [-0.3, -0.25) is 4.79 Å². The molecule has 0 radical (unpaired) electrons. The highest BCUT2D eigenvalue weighted by atomic mass is 16.5. The summed E-state index contributed by atoms with van der Waals surface area (Å²) in [7, 11) is 0. The van der Waals surface area contributed by atoms with Gasteiger partial charge in [-0.15, -0.1) is 0 Å². The maximum absolute atomic E-state index is 11.0. The van der Waals surface area contributed by atoms with Crippen molar-refractivity contribution in [2.75, 3.05) is 0 Å². The van der Waals surface area contributed by atoms with Gasteiger partial charge in [0.25, 0.3) is 0 Å². The molecule has 112 valence electrons. The first-order valence-electron chi connectivity index (χ1n) is 7.30. The molecule has 1 atom stereocenters. The Kier molecular flexibility index (Phi) is 4.10. The second kappa shape index (κ2) is 6.35. The Morgan fingerprint density at radius 2 is 1.59 bits per heavy atom. The molecule has 1 heterocycles. The van der Waals surface area contributed by atoms with Crippen LogP contribution in [0.5, 0.6) is 0 Å². The summed E-state index contributed by atoms with van der Waals surface area (Å²) in [5.74, 6) is 0.487. The fourth-order valence-electron chi connectivity index (χ4n) is 2.48. The number of nitrogens with two attached hydrogens (primary N) is 1. The average Bonchev–Trinajstić information content (AvgIpc) is 2.99. The first-order valence-corrected chi connectivity index (χ1v) is 7.30. The van der Waals surface area contributed by atoms with Crippen LogP contribution in [0.15, 0.2) is 60.7 Å². The van der Waals surface area contributed by atoms with Gasteiger partial charge >= 0.3 is 0 Å². The molecular formula is C18H18N2O2. The van der Waals surface area contributed by atoms with E-state index < -0.39 is 0 Å². The molecule has 2 aromatic rings. The molecule has 22 heavy (non-hydrogen) atoms. The zero-order chi connectivity index (χ0) is 15.4. The highest BCUT2D eigenvalue weighted by Gasteiger charge is 2.26. The lowest BCUT2D eigenvalue weighted by molar-refractivity contribution is -0.118. The van der Waals surface area contributed by atoms with Gasteiger partial charge in [0.15, 0.2) is 12.0 Å². The predicted octanol–water partition coefficient (Wildman–Crippen LogP) is 2.72. The van der Waals surface area contributed by atoms with Crippen LogP contribution >= 0.6 is 0 Å². The van der Waals surface area contributed by atoms with Crippen molar-refractivity contribution in [2.45, 2.75) is 19.1 Å². The highest BCUT2D eigenvalue weighted by Crippen LogP contribution is 2.32. The molecule has 0 spiro atoms. The van der Waals surface area contributed by atoms with Gasteiger partial charge in [0, 0.05) is 24.0 Å². The minimum absolute atomic E-state index is 0.238. The van der Waals surface area contributed by atoms with Crippen LogP contribution in [0.4, 0.5) is 0 Å². The van der Waals surface area contributed by atoms with Gasteiger partial charge in [-0.2, -0.15) is 0 Å². The molecule has 3 N–H and O–H groups in total. The number of primary amides is 1. The Balaban J connectivity index is 1.90. The van der Waals surface area contributed by atoms with E-state index in [0.29, 0.717) is 12.8 Å². The maximum atomic E-state index is 11.0. The fourth-order valence-corrected chi connectivity index (χ4v) is 2.48. The van der Waals surface area contributed by atoms with Gasteiger partial charge in [0.1, 0.15) is 0 Å². The number of rotatable bonds is 5. The van der Waals surface area contributed by atoms with E-state index in [1.807, 2.05) is 60.7 Å². The van der Waals surface area contributed by atoms with Gasteiger partial charge in [-0.25, -0.2) is 0 Å². The molecule has 1 aliphatic rings. The van der Waals surface area contributed by atoms with E-state index in [1.54, 1.807) is 0 Å². The maximum Gasteiger partial charge on any atom is 0.217 e. The number of amides is 1. The van der Waals surface area contributed by atoms with Crippen molar-refractivity contribution >= 4 is 17.4 Å². The van der Waals surface area contributed by atoms with Crippen LogP contribution in [-0.4, -0.2) is 12.1 Å². The van der Waals surface area contributed by atoms with E-state index in [4.69, 9.17) is 10.5 Å². The summed E-state index contributed by atoms with van der Waals surface area (Å²) in [6, 6.07) is 20.0. The lowest BCUT2D eigenvalue weighted by Crippen LogP contribution is -2.25. The molecule has 0 fully saturated rings. The Bertz CT molecular complexity index is 629. The van der Waals surface area contributed by atoms with E-state index in [9.17, 15) is 4.79 Å². The second-order valence-corrected chi connectivity index (χ2v) is 5.19. The van der Waals surface area contributed by atoms with Gasteiger partial charge in [0.2, 0.25) is 5.91 Å². The van der Waals surface area contributed by atoms with E-state index >= 15 is 0 Å². The molecule has 4 heteroatoms. The number of hydrogen-bond donors (Lipinski definition) is 2. The van der Waals surface area contributed by atoms with Crippen LogP contribution in [0.2, 0.25) is 0 Å². The highest BCUT2D eigenvalue weighted by molar-refractivity contribution is 5.88. The van der Waals surface area contributed by atoms with E-state index in [0.717, 1.165) is 22.6 Å². The van der Waals surface area contributed by atoms with Crippen LogP contribution in [0.25, 0.3) is 11.5 Å². The summed E-state index contributed by atoms with van der Waals surface area (Å²) < 4.78 is 6.03. The van der Waals surface area contributed by atoms with E-state index in [1.165, 1.54) is 0 Å². The zero-order valence-corrected chi connectivity index (χ0v) is 12.2. The summed E-state index contributed by atoms with van der Waals surface area (Å²) in [5, 5.41) is 3.36. The first kappa shape index (κ1) is 14.2. The summed E-state index contributed by atoms with van der Waals surface area (Å²) in [6.45, 7) is 0. The molecule has 0 bridgehead atoms. The molecule has 1 unspecified atom stereocenters. The molecule has 1 amide bonds. The van der Waals surface area contributed by atoms with Crippen LogP contribution in [0, 0.1) is 0 Å². The molecule has 2 aromatic carbocycles. The standard InChI is InChI=1S/C18H18N2O2/c19-15(21)11-12-16-20-17(13-7-3-1-4-8-13)18(22-16)14-9-5-2-6-10-14/h1-10,16,20H,11-12H2,(H2,19,21). The molecule has 0 saturated heterocycles. The van der Waals surface area contributed by atoms with Crippen molar-refractivity contribution < 1.29 is 9.53 Å². The molecular weight excluding hydrogens is 276 g/mol. The topological polar surface area (TPSA) is 64.4 Å². The number of hydrogen-bond acceptors (Lipinski definition) is 3. The molecule has 0 aromatic heterocycles. The number of nitrogens with one attached hydrogen (secondary N) is 1. The minimum atomic E-state index is -0.320. The second-order valence-electron chi connectivity index (χ2n) is 5.19. The lowest BCUT2D eigenvalue weighted by Gasteiger charge is -2.12. The van der Waals surface area contributed by atoms with Crippen LogP contribution in [0.3, 0.4) is 0 Å². The monoisotopic (exact) mass is 294 g/mol. The Morgan fingerprint density at radius 1 is 1.00 bits per heavy atom. The van der Waals surface area contributed by atoms with Crippen molar-refractivity contribution in [3.05, 3.63) is 71.8 Å². The number of carbonyl (C=O) groups is 1. The largest absolute Gasteiger partial charge is 0.468 e. The Morgan fingerprint density at radius 3 is 2.18 bits per heavy atom. The molecule has 0 aliphatic carbocycles. The van der Waals surface area contributed by atoms with E-state index in [2.05, 4.69) is 5.32 Å². The summed E-state index contributed by atoms with van der Waals surface area (Å²) >= 11 is 0. The average molecular weight is 294 g/mol. The minimum Gasteiger partial charge on any atom is -0.468 e.